The van der Waals surface area contributed by atoms with Crippen LogP contribution in [0.15, 0.2) is 0 Å². The molecular weight excluding hydrogens is 186 g/mol. The predicted octanol–water partition coefficient (Wildman–Crippen LogP) is 1.81. The van der Waals surface area contributed by atoms with E-state index in [1.54, 1.807) is 0 Å². The maximum atomic E-state index is 4.68. The Hall–Kier alpha value is -0.830. The van der Waals surface area contributed by atoms with Crippen LogP contribution in [0.3, 0.4) is 0 Å². The summed E-state index contributed by atoms with van der Waals surface area (Å²) in [5.74, 6) is 2.14. The van der Waals surface area contributed by atoms with E-state index < -0.39 is 0 Å². The van der Waals surface area contributed by atoms with Gasteiger partial charge < -0.3 is 9.88 Å². The second-order valence-electron chi connectivity index (χ2n) is 4.82. The average Bonchev–Trinajstić information content (AvgIpc) is 2.93. The van der Waals surface area contributed by atoms with E-state index in [0.29, 0.717) is 0 Å². The van der Waals surface area contributed by atoms with Gasteiger partial charge in [-0.2, -0.15) is 0 Å². The highest BCUT2D eigenvalue weighted by Crippen LogP contribution is 2.47. The third-order valence-electron chi connectivity index (χ3n) is 3.84. The zero-order valence-electron chi connectivity index (χ0n) is 9.58. The Bertz CT molecular complexity index is 380. The minimum absolute atomic E-state index is 0.768. The van der Waals surface area contributed by atoms with Crippen LogP contribution in [-0.4, -0.2) is 16.1 Å². The lowest BCUT2D eigenvalue weighted by Gasteiger charge is -2.15. The van der Waals surface area contributed by atoms with Crippen molar-refractivity contribution in [3.63, 3.8) is 0 Å². The first-order valence-electron chi connectivity index (χ1n) is 6.08. The van der Waals surface area contributed by atoms with Gasteiger partial charge in [0.25, 0.3) is 0 Å². The Kier molecular flexibility index (Phi) is 2.09. The molecule has 3 rings (SSSR count). The van der Waals surface area contributed by atoms with Gasteiger partial charge in [0.15, 0.2) is 0 Å². The summed E-state index contributed by atoms with van der Waals surface area (Å²) in [7, 11) is 0. The quantitative estimate of drug-likeness (QED) is 0.798. The lowest BCUT2D eigenvalue weighted by Crippen LogP contribution is -2.25. The Morgan fingerprint density at radius 2 is 2.40 bits per heavy atom. The summed E-state index contributed by atoms with van der Waals surface area (Å²) in [6, 6.07) is 0.768. The fourth-order valence-corrected chi connectivity index (χ4v) is 2.89. The lowest BCUT2D eigenvalue weighted by molar-refractivity contribution is 0.565. The van der Waals surface area contributed by atoms with E-state index in [9.17, 15) is 0 Å². The van der Waals surface area contributed by atoms with Gasteiger partial charge in [-0.1, -0.05) is 13.3 Å². The van der Waals surface area contributed by atoms with Gasteiger partial charge in [-0.05, 0) is 19.3 Å². The van der Waals surface area contributed by atoms with Crippen LogP contribution >= 0.6 is 0 Å². The van der Waals surface area contributed by atoms with E-state index in [-0.39, 0.29) is 0 Å². The zero-order valence-corrected chi connectivity index (χ0v) is 9.58. The van der Waals surface area contributed by atoms with Crippen molar-refractivity contribution < 1.29 is 0 Å². The Morgan fingerprint density at radius 3 is 3.13 bits per heavy atom. The van der Waals surface area contributed by atoms with Gasteiger partial charge >= 0.3 is 0 Å². The summed E-state index contributed by atoms with van der Waals surface area (Å²) >= 11 is 0. The number of nitrogens with zero attached hydrogens (tertiary/aromatic N) is 2. The van der Waals surface area contributed by atoms with Crippen LogP contribution in [0, 0.1) is 12.8 Å². The van der Waals surface area contributed by atoms with E-state index in [1.165, 1.54) is 30.1 Å². The van der Waals surface area contributed by atoms with Crippen molar-refractivity contribution in [1.82, 2.24) is 14.9 Å². The largest absolute Gasteiger partial charge is 0.329 e. The summed E-state index contributed by atoms with van der Waals surface area (Å²) in [6.45, 7) is 6.53. The van der Waals surface area contributed by atoms with Crippen molar-refractivity contribution in [3.8, 4) is 0 Å². The standard InChI is InChI=1S/C12H19N3/c1-3-9-6-12(9)15-8(2)14-10-7-13-5-4-11(10)15/h9,12-13H,3-7H2,1-2H3. The molecular formula is C12H19N3. The Morgan fingerprint density at radius 1 is 1.53 bits per heavy atom. The third-order valence-corrected chi connectivity index (χ3v) is 3.84. The molecule has 2 unspecified atom stereocenters. The number of imidazole rings is 1. The minimum atomic E-state index is 0.768. The van der Waals surface area contributed by atoms with Gasteiger partial charge in [0.2, 0.25) is 0 Å². The van der Waals surface area contributed by atoms with Crippen LogP contribution in [0.4, 0.5) is 0 Å². The number of fused-ring (bicyclic) bond motifs is 1. The van der Waals surface area contributed by atoms with Crippen molar-refractivity contribution in [2.75, 3.05) is 6.54 Å². The maximum Gasteiger partial charge on any atom is 0.106 e. The van der Waals surface area contributed by atoms with E-state index in [1.807, 2.05) is 0 Å². The van der Waals surface area contributed by atoms with Gasteiger partial charge in [-0.3, -0.25) is 0 Å². The normalized spacial score (nSPS) is 28.9. The molecule has 3 heteroatoms. The molecule has 1 fully saturated rings. The molecule has 1 N–H and O–H groups in total. The average molecular weight is 205 g/mol. The van der Waals surface area contributed by atoms with Crippen molar-refractivity contribution in [3.05, 3.63) is 17.2 Å². The van der Waals surface area contributed by atoms with E-state index in [4.69, 9.17) is 0 Å². The molecule has 0 saturated heterocycles. The molecule has 0 aromatic carbocycles. The second kappa shape index (κ2) is 3.34. The molecule has 1 aliphatic heterocycles. The van der Waals surface area contributed by atoms with Crippen molar-refractivity contribution in [2.24, 2.45) is 5.92 Å². The van der Waals surface area contributed by atoms with Crippen LogP contribution in [0.1, 0.15) is 43.0 Å². The van der Waals surface area contributed by atoms with Gasteiger partial charge in [-0.15, -0.1) is 0 Å². The number of aryl methyl sites for hydroxylation is 1. The SMILES string of the molecule is CCC1CC1n1c(C)nc2c1CCNC2. The highest BCUT2D eigenvalue weighted by atomic mass is 15.2. The number of aromatic nitrogens is 2. The maximum absolute atomic E-state index is 4.68. The molecule has 2 heterocycles. The third kappa shape index (κ3) is 1.41. The van der Waals surface area contributed by atoms with Crippen LogP contribution < -0.4 is 5.32 Å². The second-order valence-corrected chi connectivity index (χ2v) is 4.82. The topological polar surface area (TPSA) is 29.9 Å². The summed E-state index contributed by atoms with van der Waals surface area (Å²) in [6.07, 6.45) is 3.84. The van der Waals surface area contributed by atoms with Crippen LogP contribution in [0.25, 0.3) is 0 Å². The number of rotatable bonds is 2. The first-order chi connectivity index (χ1) is 7.31. The fraction of sp³-hybridized carbons (Fsp3) is 0.750. The van der Waals surface area contributed by atoms with Crippen LogP contribution in [0.5, 0.6) is 0 Å². The van der Waals surface area contributed by atoms with Crippen molar-refractivity contribution in [1.29, 1.82) is 0 Å². The summed E-state index contributed by atoms with van der Waals surface area (Å²) in [4.78, 5) is 4.68. The number of hydrogen-bond acceptors (Lipinski definition) is 2. The highest BCUT2D eigenvalue weighted by molar-refractivity contribution is 5.22. The molecule has 0 bridgehead atoms. The summed E-state index contributed by atoms with van der Waals surface area (Å²) in [5, 5.41) is 3.39. The molecule has 1 aromatic rings. The first-order valence-corrected chi connectivity index (χ1v) is 6.08. The van der Waals surface area contributed by atoms with Gasteiger partial charge in [0, 0.05) is 31.2 Å². The Balaban J connectivity index is 1.96. The monoisotopic (exact) mass is 205 g/mol. The van der Waals surface area contributed by atoms with E-state index >= 15 is 0 Å². The van der Waals surface area contributed by atoms with E-state index in [0.717, 1.165) is 31.5 Å². The summed E-state index contributed by atoms with van der Waals surface area (Å²) in [5.41, 5.74) is 2.80. The van der Waals surface area contributed by atoms with Crippen molar-refractivity contribution >= 4 is 0 Å². The first kappa shape index (κ1) is 9.40. The Labute approximate surface area is 90.9 Å². The molecule has 0 radical (unpaired) electrons. The molecule has 0 spiro atoms. The smallest absolute Gasteiger partial charge is 0.106 e. The van der Waals surface area contributed by atoms with Gasteiger partial charge in [0.05, 0.1) is 5.69 Å². The highest BCUT2D eigenvalue weighted by Gasteiger charge is 2.39. The molecule has 3 nitrogen and oxygen atoms in total. The zero-order chi connectivity index (χ0) is 10.4. The molecule has 1 saturated carbocycles. The fourth-order valence-electron chi connectivity index (χ4n) is 2.89. The molecule has 15 heavy (non-hydrogen) atoms. The van der Waals surface area contributed by atoms with Gasteiger partial charge in [0.1, 0.15) is 5.82 Å². The molecule has 0 amide bonds. The van der Waals surface area contributed by atoms with Crippen molar-refractivity contribution in [2.45, 2.75) is 45.7 Å². The predicted molar refractivity (Wildman–Crippen MR) is 59.8 cm³/mol. The van der Waals surface area contributed by atoms with Crippen LogP contribution in [0.2, 0.25) is 0 Å². The molecule has 2 atom stereocenters. The van der Waals surface area contributed by atoms with Gasteiger partial charge in [-0.25, -0.2) is 4.98 Å². The minimum Gasteiger partial charge on any atom is -0.329 e. The van der Waals surface area contributed by atoms with Crippen LogP contribution in [-0.2, 0) is 13.0 Å². The lowest BCUT2D eigenvalue weighted by atomic mass is 10.2. The molecule has 82 valence electrons. The summed E-state index contributed by atoms with van der Waals surface area (Å²) < 4.78 is 2.52. The molecule has 1 aliphatic carbocycles. The molecule has 1 aromatic heterocycles. The molecule has 2 aliphatic rings. The van der Waals surface area contributed by atoms with E-state index in [2.05, 4.69) is 28.7 Å². The number of hydrogen-bond donors (Lipinski definition) is 1. The number of nitrogens with one attached hydrogen (secondary N) is 1.